The molecule has 1 heterocycles. The quantitative estimate of drug-likeness (QED) is 0.820. The number of nitrogens with zero attached hydrogens (tertiary/aromatic N) is 2. The van der Waals surface area contributed by atoms with Crippen LogP contribution in [-0.2, 0) is 0 Å². The number of para-hydroxylation sites is 1. The van der Waals surface area contributed by atoms with Crippen LogP contribution in [0.4, 0.5) is 11.6 Å². The number of hydrogen-bond donors (Lipinski definition) is 2. The number of nitrogens with one attached hydrogen (secondary N) is 2. The van der Waals surface area contributed by atoms with E-state index in [2.05, 4.69) is 73.4 Å². The fourth-order valence-electron chi connectivity index (χ4n) is 2.58. The van der Waals surface area contributed by atoms with E-state index in [1.165, 1.54) is 5.56 Å². The zero-order valence-corrected chi connectivity index (χ0v) is 16.0. The minimum Gasteiger partial charge on any atom is -0.350 e. The lowest BCUT2D eigenvalue weighted by Crippen LogP contribution is -2.28. The summed E-state index contributed by atoms with van der Waals surface area (Å²) in [6.45, 7) is 13.0. The maximum absolute atomic E-state index is 12.3. The van der Waals surface area contributed by atoms with E-state index < -0.39 is 0 Å². The Labute approximate surface area is 150 Å². The molecule has 1 aromatic heterocycles. The molecule has 2 rings (SSSR count). The summed E-state index contributed by atoms with van der Waals surface area (Å²) in [4.78, 5) is 21.2. The Hall–Kier alpha value is -2.43. The zero-order valence-electron chi connectivity index (χ0n) is 16.0. The predicted octanol–water partition coefficient (Wildman–Crippen LogP) is 4.35. The number of hydrogen-bond acceptors (Lipinski definition) is 4. The molecule has 1 aromatic carbocycles. The highest BCUT2D eigenvalue weighted by atomic mass is 16.1. The van der Waals surface area contributed by atoms with Crippen molar-refractivity contribution in [1.82, 2.24) is 15.3 Å². The molecule has 0 saturated carbocycles. The molecule has 0 bridgehead atoms. The molecule has 0 aliphatic heterocycles. The van der Waals surface area contributed by atoms with Gasteiger partial charge in [0.05, 0.1) is 0 Å². The van der Waals surface area contributed by atoms with E-state index in [1.54, 1.807) is 6.07 Å². The number of carbonyl (C=O) groups is 1. The highest BCUT2D eigenvalue weighted by Crippen LogP contribution is 2.29. The number of anilines is 2. The number of amides is 1. The number of aromatic nitrogens is 2. The third-order valence-electron chi connectivity index (χ3n) is 3.92. The molecule has 25 heavy (non-hydrogen) atoms. The van der Waals surface area contributed by atoms with Crippen molar-refractivity contribution in [2.75, 3.05) is 11.9 Å². The molecule has 0 radical (unpaired) electrons. The summed E-state index contributed by atoms with van der Waals surface area (Å²) < 4.78 is 0. The first kappa shape index (κ1) is 18.9. The molecule has 0 atom stereocenters. The van der Waals surface area contributed by atoms with Crippen molar-refractivity contribution in [2.45, 2.75) is 47.5 Å². The summed E-state index contributed by atoms with van der Waals surface area (Å²) in [5.74, 6) is 1.05. The van der Waals surface area contributed by atoms with Gasteiger partial charge >= 0.3 is 0 Å². The Morgan fingerprint density at radius 1 is 1.12 bits per heavy atom. The van der Waals surface area contributed by atoms with Crippen LogP contribution in [0.2, 0.25) is 0 Å². The van der Waals surface area contributed by atoms with Gasteiger partial charge in [0.15, 0.2) is 0 Å². The van der Waals surface area contributed by atoms with Crippen molar-refractivity contribution in [3.05, 3.63) is 46.8 Å². The monoisotopic (exact) mass is 340 g/mol. The Morgan fingerprint density at radius 3 is 2.48 bits per heavy atom. The van der Waals surface area contributed by atoms with Crippen LogP contribution in [0.25, 0.3) is 0 Å². The van der Waals surface area contributed by atoms with Crippen molar-refractivity contribution in [3.8, 4) is 0 Å². The van der Waals surface area contributed by atoms with E-state index in [4.69, 9.17) is 0 Å². The van der Waals surface area contributed by atoms with Gasteiger partial charge in [0.25, 0.3) is 5.91 Å². The van der Waals surface area contributed by atoms with Gasteiger partial charge in [-0.1, -0.05) is 45.9 Å². The Kier molecular flexibility index (Phi) is 6.12. The summed E-state index contributed by atoms with van der Waals surface area (Å²) in [6.07, 6.45) is 0. The molecule has 0 fully saturated rings. The van der Waals surface area contributed by atoms with Crippen LogP contribution in [0.15, 0.2) is 24.3 Å². The Morgan fingerprint density at radius 2 is 1.84 bits per heavy atom. The smallest absolute Gasteiger partial charge is 0.270 e. The third-order valence-corrected chi connectivity index (χ3v) is 3.92. The molecular weight excluding hydrogens is 312 g/mol. The molecule has 2 aromatic rings. The number of rotatable bonds is 6. The second kappa shape index (κ2) is 8.10. The van der Waals surface area contributed by atoms with Crippen molar-refractivity contribution in [3.63, 3.8) is 0 Å². The molecule has 5 heteroatoms. The molecule has 134 valence electrons. The molecule has 2 N–H and O–H groups in total. The van der Waals surface area contributed by atoms with Gasteiger partial charge in [-0.05, 0) is 42.9 Å². The van der Waals surface area contributed by atoms with E-state index in [9.17, 15) is 4.79 Å². The largest absolute Gasteiger partial charge is 0.350 e. The van der Waals surface area contributed by atoms with Gasteiger partial charge in [0.2, 0.25) is 5.95 Å². The summed E-state index contributed by atoms with van der Waals surface area (Å²) in [7, 11) is 0. The standard InChI is InChI=1S/C20H28N4O/c1-12(2)11-21-19(25)17-10-15(6)22-20(23-17)24-18-14(5)8-7-9-16(18)13(3)4/h7-10,12-13H,11H2,1-6H3,(H,21,25)(H,22,23,24). The summed E-state index contributed by atoms with van der Waals surface area (Å²) in [5.41, 5.74) is 4.48. The van der Waals surface area contributed by atoms with Crippen LogP contribution in [-0.4, -0.2) is 22.4 Å². The average Bonchev–Trinajstić information content (AvgIpc) is 2.53. The summed E-state index contributed by atoms with van der Waals surface area (Å²) >= 11 is 0. The zero-order chi connectivity index (χ0) is 18.6. The number of carbonyl (C=O) groups excluding carboxylic acids is 1. The average molecular weight is 340 g/mol. The van der Waals surface area contributed by atoms with E-state index in [0.29, 0.717) is 30.0 Å². The van der Waals surface area contributed by atoms with Gasteiger partial charge in [-0.15, -0.1) is 0 Å². The first-order chi connectivity index (χ1) is 11.8. The molecular formula is C20H28N4O. The second-order valence-electron chi connectivity index (χ2n) is 7.14. The first-order valence-corrected chi connectivity index (χ1v) is 8.78. The van der Waals surface area contributed by atoms with Crippen molar-refractivity contribution < 1.29 is 4.79 Å². The van der Waals surface area contributed by atoms with Gasteiger partial charge in [0.1, 0.15) is 5.69 Å². The first-order valence-electron chi connectivity index (χ1n) is 8.78. The van der Waals surface area contributed by atoms with Crippen molar-refractivity contribution in [1.29, 1.82) is 0 Å². The number of aryl methyl sites for hydroxylation is 2. The molecule has 0 spiro atoms. The lowest BCUT2D eigenvalue weighted by atomic mass is 9.98. The van der Waals surface area contributed by atoms with Crippen LogP contribution >= 0.6 is 0 Å². The van der Waals surface area contributed by atoms with Gasteiger partial charge < -0.3 is 10.6 Å². The second-order valence-corrected chi connectivity index (χ2v) is 7.14. The molecule has 5 nitrogen and oxygen atoms in total. The maximum atomic E-state index is 12.3. The number of benzene rings is 1. The van der Waals surface area contributed by atoms with E-state index >= 15 is 0 Å². The molecule has 0 saturated heterocycles. The SMILES string of the molecule is Cc1cc(C(=O)NCC(C)C)nc(Nc2c(C)cccc2C(C)C)n1. The van der Waals surface area contributed by atoms with Gasteiger partial charge in [-0.2, -0.15) is 0 Å². The van der Waals surface area contributed by atoms with Crippen LogP contribution < -0.4 is 10.6 Å². The van der Waals surface area contributed by atoms with Crippen molar-refractivity contribution >= 4 is 17.5 Å². The topological polar surface area (TPSA) is 66.9 Å². The molecule has 0 aliphatic rings. The predicted molar refractivity (Wildman–Crippen MR) is 102 cm³/mol. The minimum atomic E-state index is -0.170. The summed E-state index contributed by atoms with van der Waals surface area (Å²) in [5, 5.41) is 6.22. The highest BCUT2D eigenvalue weighted by Gasteiger charge is 2.14. The molecule has 0 aliphatic carbocycles. The maximum Gasteiger partial charge on any atom is 0.270 e. The minimum absolute atomic E-state index is 0.170. The van der Waals surface area contributed by atoms with Gasteiger partial charge in [-0.3, -0.25) is 4.79 Å². The summed E-state index contributed by atoms with van der Waals surface area (Å²) in [6, 6.07) is 7.92. The fraction of sp³-hybridized carbons (Fsp3) is 0.450. The van der Waals surface area contributed by atoms with E-state index in [0.717, 1.165) is 16.9 Å². The lowest BCUT2D eigenvalue weighted by Gasteiger charge is -2.17. The van der Waals surface area contributed by atoms with Gasteiger partial charge in [-0.25, -0.2) is 9.97 Å². The van der Waals surface area contributed by atoms with E-state index in [-0.39, 0.29) is 5.91 Å². The van der Waals surface area contributed by atoms with Crippen LogP contribution in [0.3, 0.4) is 0 Å². The van der Waals surface area contributed by atoms with Gasteiger partial charge in [0, 0.05) is 17.9 Å². The normalized spacial score (nSPS) is 11.0. The molecule has 1 amide bonds. The highest BCUT2D eigenvalue weighted by molar-refractivity contribution is 5.92. The van der Waals surface area contributed by atoms with Crippen LogP contribution in [0.1, 0.15) is 60.9 Å². The molecule has 0 unspecified atom stereocenters. The third kappa shape index (κ3) is 5.02. The van der Waals surface area contributed by atoms with Crippen LogP contribution in [0, 0.1) is 19.8 Å². The lowest BCUT2D eigenvalue weighted by molar-refractivity contribution is 0.0944. The van der Waals surface area contributed by atoms with Crippen LogP contribution in [0.5, 0.6) is 0 Å². The Balaban J connectivity index is 2.31. The van der Waals surface area contributed by atoms with Crippen molar-refractivity contribution in [2.24, 2.45) is 5.92 Å². The Bertz CT molecular complexity index is 753. The van der Waals surface area contributed by atoms with E-state index in [1.807, 2.05) is 6.92 Å². The fourth-order valence-corrected chi connectivity index (χ4v) is 2.58.